The average Bonchev–Trinajstić information content (AvgIpc) is 2.39. The fourth-order valence-corrected chi connectivity index (χ4v) is 2.60. The largest absolute Gasteiger partial charge is 0.383 e. The van der Waals surface area contributed by atoms with Crippen LogP contribution in [0.15, 0.2) is 0 Å². The number of nitrogens with zero attached hydrogens (tertiary/aromatic N) is 1. The Balaban J connectivity index is 2.41. The van der Waals surface area contributed by atoms with Gasteiger partial charge in [0.05, 0.1) is 6.61 Å². The number of methoxy groups -OCH3 is 1. The number of rotatable bonds is 3. The Kier molecular flexibility index (Phi) is 5.67. The van der Waals surface area contributed by atoms with Crippen molar-refractivity contribution in [3.8, 4) is 0 Å². The number of likely N-dealkylation sites (tertiary alicyclic amines) is 1. The van der Waals surface area contributed by atoms with E-state index in [0.717, 1.165) is 18.2 Å². The van der Waals surface area contributed by atoms with Crippen molar-refractivity contribution in [1.82, 2.24) is 10.2 Å². The third kappa shape index (κ3) is 5.21. The van der Waals surface area contributed by atoms with Gasteiger partial charge in [0.15, 0.2) is 5.11 Å². The van der Waals surface area contributed by atoms with Crippen molar-refractivity contribution in [3.63, 3.8) is 0 Å². The van der Waals surface area contributed by atoms with E-state index in [1.165, 1.54) is 19.3 Å². The summed E-state index contributed by atoms with van der Waals surface area (Å²) in [5, 5.41) is 4.22. The van der Waals surface area contributed by atoms with E-state index >= 15 is 0 Å². The van der Waals surface area contributed by atoms with E-state index in [9.17, 15) is 0 Å². The van der Waals surface area contributed by atoms with Crippen LogP contribution in [0.4, 0.5) is 0 Å². The molecule has 17 heavy (non-hydrogen) atoms. The normalized spacial score (nSPS) is 21.8. The van der Waals surface area contributed by atoms with Gasteiger partial charge in [-0.1, -0.05) is 13.8 Å². The molecule has 100 valence electrons. The molecule has 0 amide bonds. The molecule has 0 radical (unpaired) electrons. The summed E-state index contributed by atoms with van der Waals surface area (Å²) in [6, 6.07) is 0.281. The van der Waals surface area contributed by atoms with Crippen molar-refractivity contribution in [2.45, 2.75) is 46.1 Å². The van der Waals surface area contributed by atoms with Gasteiger partial charge in [-0.3, -0.25) is 0 Å². The zero-order chi connectivity index (χ0) is 12.9. The molecule has 1 heterocycles. The Morgan fingerprint density at radius 2 is 2.12 bits per heavy atom. The van der Waals surface area contributed by atoms with Crippen molar-refractivity contribution in [2.75, 3.05) is 26.8 Å². The fraction of sp³-hybridized carbons (Fsp3) is 0.923. The summed E-state index contributed by atoms with van der Waals surface area (Å²) in [5.74, 6) is 0. The summed E-state index contributed by atoms with van der Waals surface area (Å²) in [4.78, 5) is 2.30. The molecule has 1 rings (SSSR count). The first kappa shape index (κ1) is 14.7. The van der Waals surface area contributed by atoms with Crippen LogP contribution in [-0.2, 0) is 4.74 Å². The van der Waals surface area contributed by atoms with Gasteiger partial charge < -0.3 is 15.0 Å². The molecule has 0 spiro atoms. The number of thiocarbonyl (C=S) groups is 1. The van der Waals surface area contributed by atoms with Crippen LogP contribution in [0.5, 0.6) is 0 Å². The van der Waals surface area contributed by atoms with Gasteiger partial charge in [-0.25, -0.2) is 0 Å². The highest BCUT2D eigenvalue weighted by molar-refractivity contribution is 7.80. The van der Waals surface area contributed by atoms with Crippen LogP contribution in [-0.4, -0.2) is 42.9 Å². The van der Waals surface area contributed by atoms with Gasteiger partial charge >= 0.3 is 0 Å². The summed E-state index contributed by atoms with van der Waals surface area (Å²) >= 11 is 5.46. The molecular formula is C13H26N2OS. The Morgan fingerprint density at radius 3 is 2.76 bits per heavy atom. The molecule has 1 saturated heterocycles. The SMILES string of the molecule is COCC(C)NC(=S)N1CCCC(C)(C)CC1. The lowest BCUT2D eigenvalue weighted by molar-refractivity contribution is 0.178. The molecule has 0 bridgehead atoms. The van der Waals surface area contributed by atoms with Crippen molar-refractivity contribution >= 4 is 17.3 Å². The summed E-state index contributed by atoms with van der Waals surface area (Å²) in [7, 11) is 1.72. The standard InChI is InChI=1S/C13H26N2OS/c1-11(10-16-4)14-12(17)15-8-5-6-13(2,3)7-9-15/h11H,5-10H2,1-4H3,(H,14,17). The zero-order valence-corrected chi connectivity index (χ0v) is 12.4. The van der Waals surface area contributed by atoms with E-state index in [1.54, 1.807) is 7.11 Å². The minimum Gasteiger partial charge on any atom is -0.383 e. The smallest absolute Gasteiger partial charge is 0.169 e. The first-order valence-electron chi connectivity index (χ1n) is 6.49. The van der Waals surface area contributed by atoms with Crippen LogP contribution >= 0.6 is 12.2 Å². The van der Waals surface area contributed by atoms with E-state index in [0.29, 0.717) is 12.0 Å². The number of ether oxygens (including phenoxy) is 1. The molecular weight excluding hydrogens is 232 g/mol. The van der Waals surface area contributed by atoms with Crippen molar-refractivity contribution in [3.05, 3.63) is 0 Å². The van der Waals surface area contributed by atoms with E-state index < -0.39 is 0 Å². The molecule has 0 saturated carbocycles. The molecule has 0 aromatic carbocycles. The maximum Gasteiger partial charge on any atom is 0.169 e. The number of hydrogen-bond acceptors (Lipinski definition) is 2. The van der Waals surface area contributed by atoms with Crippen LogP contribution in [0.25, 0.3) is 0 Å². The minimum absolute atomic E-state index is 0.281. The van der Waals surface area contributed by atoms with Gasteiger partial charge in [-0.05, 0) is 43.8 Å². The molecule has 1 aliphatic heterocycles. The Bertz CT molecular complexity index is 256. The molecule has 0 aromatic heterocycles. The maximum atomic E-state index is 5.46. The van der Waals surface area contributed by atoms with E-state index in [1.807, 2.05) is 0 Å². The molecule has 3 nitrogen and oxygen atoms in total. The lowest BCUT2D eigenvalue weighted by Crippen LogP contribution is -2.45. The molecule has 1 unspecified atom stereocenters. The van der Waals surface area contributed by atoms with Gasteiger partial charge in [-0.15, -0.1) is 0 Å². The van der Waals surface area contributed by atoms with Gasteiger partial charge in [-0.2, -0.15) is 0 Å². The third-order valence-electron chi connectivity index (χ3n) is 3.41. The fourth-order valence-electron chi connectivity index (χ4n) is 2.22. The van der Waals surface area contributed by atoms with Crippen molar-refractivity contribution in [2.24, 2.45) is 5.41 Å². The molecule has 0 aromatic rings. The van der Waals surface area contributed by atoms with Crippen LogP contribution in [0.1, 0.15) is 40.0 Å². The maximum absolute atomic E-state index is 5.46. The minimum atomic E-state index is 0.281. The summed E-state index contributed by atoms with van der Waals surface area (Å²) in [6.07, 6.45) is 3.74. The quantitative estimate of drug-likeness (QED) is 0.786. The van der Waals surface area contributed by atoms with Gasteiger partial charge in [0.1, 0.15) is 0 Å². The Labute approximate surface area is 111 Å². The van der Waals surface area contributed by atoms with E-state index in [2.05, 4.69) is 31.0 Å². The third-order valence-corrected chi connectivity index (χ3v) is 3.79. The molecule has 1 N–H and O–H groups in total. The first-order chi connectivity index (χ1) is 7.94. The predicted molar refractivity (Wildman–Crippen MR) is 76.3 cm³/mol. The molecule has 4 heteroatoms. The summed E-state index contributed by atoms with van der Waals surface area (Å²) in [5.41, 5.74) is 0.461. The lowest BCUT2D eigenvalue weighted by Gasteiger charge is -2.27. The van der Waals surface area contributed by atoms with Gasteiger partial charge in [0.2, 0.25) is 0 Å². The highest BCUT2D eigenvalue weighted by Crippen LogP contribution is 2.29. The molecule has 1 atom stereocenters. The second kappa shape index (κ2) is 6.55. The second-order valence-corrected chi connectivity index (χ2v) is 6.20. The Morgan fingerprint density at radius 1 is 1.41 bits per heavy atom. The Hall–Kier alpha value is -0.350. The highest BCUT2D eigenvalue weighted by Gasteiger charge is 2.24. The van der Waals surface area contributed by atoms with Crippen LogP contribution in [0.3, 0.4) is 0 Å². The average molecular weight is 258 g/mol. The van der Waals surface area contributed by atoms with E-state index in [-0.39, 0.29) is 6.04 Å². The summed E-state index contributed by atoms with van der Waals surface area (Å²) < 4.78 is 5.11. The van der Waals surface area contributed by atoms with Crippen LogP contribution < -0.4 is 5.32 Å². The van der Waals surface area contributed by atoms with Crippen LogP contribution in [0, 0.1) is 5.41 Å². The molecule has 0 aliphatic carbocycles. The molecule has 1 fully saturated rings. The summed E-state index contributed by atoms with van der Waals surface area (Å²) in [6.45, 7) is 9.63. The molecule has 1 aliphatic rings. The van der Waals surface area contributed by atoms with Crippen molar-refractivity contribution in [1.29, 1.82) is 0 Å². The predicted octanol–water partition coefficient (Wildman–Crippen LogP) is 2.41. The highest BCUT2D eigenvalue weighted by atomic mass is 32.1. The van der Waals surface area contributed by atoms with E-state index in [4.69, 9.17) is 17.0 Å². The number of hydrogen-bond donors (Lipinski definition) is 1. The lowest BCUT2D eigenvalue weighted by atomic mass is 9.85. The second-order valence-electron chi connectivity index (χ2n) is 5.81. The van der Waals surface area contributed by atoms with Crippen molar-refractivity contribution < 1.29 is 4.74 Å². The number of nitrogens with one attached hydrogen (secondary N) is 1. The topological polar surface area (TPSA) is 24.5 Å². The van der Waals surface area contributed by atoms with Gasteiger partial charge in [0.25, 0.3) is 0 Å². The monoisotopic (exact) mass is 258 g/mol. The van der Waals surface area contributed by atoms with Crippen LogP contribution in [0.2, 0.25) is 0 Å². The zero-order valence-electron chi connectivity index (χ0n) is 11.6. The van der Waals surface area contributed by atoms with Gasteiger partial charge in [0, 0.05) is 26.2 Å². The first-order valence-corrected chi connectivity index (χ1v) is 6.90.